The second-order valence-corrected chi connectivity index (χ2v) is 7.20. The van der Waals surface area contributed by atoms with E-state index in [1.54, 1.807) is 42.4 Å². The first-order valence-electron chi connectivity index (χ1n) is 7.28. The van der Waals surface area contributed by atoms with Crippen LogP contribution in [0.4, 0.5) is 4.39 Å². The van der Waals surface area contributed by atoms with Crippen LogP contribution < -0.4 is 0 Å². The van der Waals surface area contributed by atoms with Gasteiger partial charge in [0.2, 0.25) is 0 Å². The maximum atomic E-state index is 12.7. The van der Waals surface area contributed by atoms with Gasteiger partial charge in [0.25, 0.3) is 0 Å². The lowest BCUT2D eigenvalue weighted by atomic mass is 10.2. The number of aromatic nitrogens is 4. The van der Waals surface area contributed by atoms with E-state index in [4.69, 9.17) is 0 Å². The molecule has 0 radical (unpaired) electrons. The summed E-state index contributed by atoms with van der Waals surface area (Å²) in [6.45, 7) is 0. The lowest BCUT2D eigenvalue weighted by Gasteiger charge is -1.93. The Bertz CT molecular complexity index is 911. The Hall–Kier alpha value is -1.70. The van der Waals surface area contributed by atoms with Crippen molar-refractivity contribution in [3.8, 4) is 11.8 Å². The van der Waals surface area contributed by atoms with Gasteiger partial charge in [-0.2, -0.15) is 0 Å². The minimum Gasteiger partial charge on any atom is -0.231 e. The third kappa shape index (κ3) is 7.27. The minimum absolute atomic E-state index is 0.262. The Morgan fingerprint density at radius 2 is 1.46 bits per heavy atom. The molecule has 0 saturated heterocycles. The van der Waals surface area contributed by atoms with E-state index < -0.39 is 0 Å². The molecule has 0 aliphatic heterocycles. The monoisotopic (exact) mass is 496 g/mol. The van der Waals surface area contributed by atoms with Crippen LogP contribution in [0.3, 0.4) is 0 Å². The molecule has 0 fully saturated rings. The summed E-state index contributed by atoms with van der Waals surface area (Å²) in [4.78, 5) is 16.4. The van der Waals surface area contributed by atoms with Gasteiger partial charge in [0.1, 0.15) is 15.2 Å². The summed E-state index contributed by atoms with van der Waals surface area (Å²) in [5, 5.41) is 1.53. The molecule has 0 aliphatic rings. The van der Waals surface area contributed by atoms with Crippen LogP contribution in [0.25, 0.3) is 0 Å². The van der Waals surface area contributed by atoms with Gasteiger partial charge in [0.15, 0.2) is 10.3 Å². The van der Waals surface area contributed by atoms with Crippen molar-refractivity contribution < 1.29 is 4.39 Å². The largest absolute Gasteiger partial charge is 0.231 e. The third-order valence-electron chi connectivity index (χ3n) is 2.78. The molecule has 132 valence electrons. The molecule has 0 aliphatic carbocycles. The number of thioether (sulfide) groups is 2. The van der Waals surface area contributed by atoms with Gasteiger partial charge in [-0.15, -0.1) is 0 Å². The highest BCUT2D eigenvalue weighted by Crippen LogP contribution is 2.08. The first-order valence-corrected chi connectivity index (χ1v) is 10.8. The van der Waals surface area contributed by atoms with Crippen LogP contribution >= 0.6 is 46.1 Å². The van der Waals surface area contributed by atoms with Gasteiger partial charge in [-0.1, -0.05) is 29.4 Å². The number of hydrogen-bond donors (Lipinski definition) is 0. The van der Waals surface area contributed by atoms with Crippen molar-refractivity contribution in [2.24, 2.45) is 0 Å². The second-order valence-electron chi connectivity index (χ2n) is 4.55. The Balaban J connectivity index is 0.000000228. The molecule has 3 rings (SSSR count). The number of hydrogen-bond acceptors (Lipinski definition) is 6. The molecule has 26 heavy (non-hydrogen) atoms. The molecule has 1 aromatic carbocycles. The zero-order valence-corrected chi connectivity index (χ0v) is 17.8. The maximum absolute atomic E-state index is 12.7. The van der Waals surface area contributed by atoms with Crippen LogP contribution in [0.5, 0.6) is 0 Å². The van der Waals surface area contributed by atoms with Crippen LogP contribution in [0.15, 0.2) is 59.1 Å². The fourth-order valence-electron chi connectivity index (χ4n) is 1.60. The zero-order chi connectivity index (χ0) is 18.8. The van der Waals surface area contributed by atoms with E-state index in [1.165, 1.54) is 23.9 Å². The lowest BCUT2D eigenvalue weighted by Crippen LogP contribution is -1.88. The van der Waals surface area contributed by atoms with Crippen LogP contribution in [0.1, 0.15) is 11.3 Å². The molecule has 0 bridgehead atoms. The normalized spacial score (nSPS) is 9.54. The van der Waals surface area contributed by atoms with Crippen LogP contribution in [-0.4, -0.2) is 32.4 Å². The molecule has 0 spiro atoms. The molecule has 0 amide bonds. The molecule has 4 nitrogen and oxygen atoms in total. The molecule has 8 heteroatoms. The predicted octanol–water partition coefficient (Wildman–Crippen LogP) is 4.54. The van der Waals surface area contributed by atoms with E-state index in [-0.39, 0.29) is 5.82 Å². The van der Waals surface area contributed by atoms with Crippen molar-refractivity contribution in [3.63, 3.8) is 0 Å². The van der Waals surface area contributed by atoms with Gasteiger partial charge in [-0.3, -0.25) is 0 Å². The van der Waals surface area contributed by atoms with E-state index in [9.17, 15) is 4.39 Å². The van der Waals surface area contributed by atoms with Crippen molar-refractivity contribution in [2.45, 2.75) is 10.3 Å². The quantitative estimate of drug-likeness (QED) is 0.171. The van der Waals surface area contributed by atoms with Crippen molar-refractivity contribution in [1.82, 2.24) is 19.9 Å². The molecule has 2 aromatic heterocycles. The summed E-state index contributed by atoms with van der Waals surface area (Å²) in [5.41, 5.74) is 1.42. The van der Waals surface area contributed by atoms with Crippen LogP contribution in [0, 0.1) is 21.4 Å². The number of halogens is 2. The average molecular weight is 496 g/mol. The molecule has 2 heterocycles. The Kier molecular flexibility index (Phi) is 8.80. The highest BCUT2D eigenvalue weighted by Gasteiger charge is 1.94. The summed E-state index contributed by atoms with van der Waals surface area (Å²) in [6.07, 6.45) is 7.31. The summed E-state index contributed by atoms with van der Waals surface area (Å²) in [6, 6.07) is 9.67. The number of nitrogens with zero attached hydrogens (tertiary/aromatic N) is 4. The van der Waals surface area contributed by atoms with Crippen molar-refractivity contribution >= 4 is 46.1 Å². The smallest absolute Gasteiger partial charge is 0.188 e. The van der Waals surface area contributed by atoms with Gasteiger partial charge < -0.3 is 0 Å². The molecular formula is C18H14FIN4S2. The van der Waals surface area contributed by atoms with E-state index in [2.05, 4.69) is 54.4 Å². The molecule has 0 unspecified atom stereocenters. The summed E-state index contributed by atoms with van der Waals surface area (Å²) in [5.74, 6) is 5.58. The molecule has 0 saturated carbocycles. The minimum atomic E-state index is -0.262. The Labute approximate surface area is 174 Å². The van der Waals surface area contributed by atoms with Gasteiger partial charge >= 0.3 is 0 Å². The topological polar surface area (TPSA) is 51.6 Å². The summed E-state index contributed by atoms with van der Waals surface area (Å²) in [7, 11) is 0. The fourth-order valence-corrected chi connectivity index (χ4v) is 2.86. The molecule has 3 aromatic rings. The molecular weight excluding hydrogens is 482 g/mol. The standard InChI is InChI=1S/C13H9FN2S.C5H5IN2S/c1-17-13-15-9-8-12(16-13)7-4-10-2-5-11(14)6-3-10;1-9-5-7-3-2-4(6)8-5/h2-3,5-6,8-9H,1H3;2-3H,1H3. The van der Waals surface area contributed by atoms with E-state index in [0.29, 0.717) is 10.9 Å². The van der Waals surface area contributed by atoms with Crippen LogP contribution in [0.2, 0.25) is 0 Å². The van der Waals surface area contributed by atoms with Gasteiger partial charge in [-0.25, -0.2) is 24.3 Å². The first kappa shape index (κ1) is 20.6. The zero-order valence-electron chi connectivity index (χ0n) is 14.0. The third-order valence-corrected chi connectivity index (χ3v) is 4.50. The van der Waals surface area contributed by atoms with Crippen LogP contribution in [-0.2, 0) is 0 Å². The van der Waals surface area contributed by atoms with E-state index in [0.717, 1.165) is 14.4 Å². The van der Waals surface area contributed by atoms with Crippen molar-refractivity contribution in [2.75, 3.05) is 12.5 Å². The second kappa shape index (κ2) is 11.1. The lowest BCUT2D eigenvalue weighted by molar-refractivity contribution is 0.627. The van der Waals surface area contributed by atoms with Gasteiger partial charge in [0.05, 0.1) is 0 Å². The summed E-state index contributed by atoms with van der Waals surface area (Å²) < 4.78 is 13.7. The van der Waals surface area contributed by atoms with Crippen molar-refractivity contribution in [1.29, 1.82) is 0 Å². The maximum Gasteiger partial charge on any atom is 0.188 e. The molecule has 0 N–H and O–H groups in total. The van der Waals surface area contributed by atoms with E-state index >= 15 is 0 Å². The number of rotatable bonds is 2. The summed E-state index contributed by atoms with van der Waals surface area (Å²) >= 11 is 5.19. The van der Waals surface area contributed by atoms with Gasteiger partial charge in [-0.05, 0) is 77.4 Å². The van der Waals surface area contributed by atoms with Crippen molar-refractivity contribution in [3.05, 3.63) is 69.6 Å². The Morgan fingerprint density at radius 3 is 2.04 bits per heavy atom. The highest BCUT2D eigenvalue weighted by molar-refractivity contribution is 14.1. The first-order chi connectivity index (χ1) is 12.6. The number of benzene rings is 1. The molecule has 0 atom stereocenters. The fraction of sp³-hybridized carbons (Fsp3) is 0.111. The highest BCUT2D eigenvalue weighted by atomic mass is 127. The SMILES string of the molecule is CSc1nccc(C#Cc2ccc(F)cc2)n1.CSc1nccc(I)n1. The van der Waals surface area contributed by atoms with E-state index in [1.807, 2.05) is 18.6 Å². The predicted molar refractivity (Wildman–Crippen MR) is 113 cm³/mol. The van der Waals surface area contributed by atoms with Gasteiger partial charge in [0, 0.05) is 18.0 Å². The average Bonchev–Trinajstić information content (AvgIpc) is 2.68. The Morgan fingerprint density at radius 1 is 0.846 bits per heavy atom.